The number of ether oxygens (including phenoxy) is 1. The Morgan fingerprint density at radius 1 is 1.04 bits per heavy atom. The quantitative estimate of drug-likeness (QED) is 0.331. The van der Waals surface area contributed by atoms with Crippen LogP contribution in [0.4, 0.5) is 4.39 Å². The predicted octanol–water partition coefficient (Wildman–Crippen LogP) is 4.11. The maximum Gasteiger partial charge on any atom is 0.256 e. The number of aliphatic hydroxyl groups excluding tert-OH is 1. The van der Waals surface area contributed by atoms with Crippen LogP contribution in [-0.4, -0.2) is 102 Å². The van der Waals surface area contributed by atoms with Gasteiger partial charge in [-0.3, -0.25) is 9.59 Å². The number of amides is 1. The number of hydrogen-bond donors (Lipinski definition) is 3. The van der Waals surface area contributed by atoms with E-state index in [4.69, 9.17) is 4.74 Å². The molecule has 252 valence electrons. The van der Waals surface area contributed by atoms with E-state index in [1.165, 1.54) is 64.2 Å². The lowest BCUT2D eigenvalue weighted by Gasteiger charge is -2.61. The maximum atomic E-state index is 16.4. The molecule has 3 aliphatic heterocycles. The standard InChI is InChI=1S/C36H57FN4O4/c1-40-15-7-12-26(40)13-14-38-36(44)28-20-41-30-17-23-10-5-6-11-24(23)18-31(30)45-35-32(29(37)19-27(33(35)41)34(28)43)39-25(21-42)16-22-8-3-2-4-9-22/h20,22-27,29-33,35,39,42H,2-19,21H2,1H3,(H,38,44)/t23?,24?,25-,26?,27?,29?,30?,31?,32?,33?,35?/m1/s1. The lowest BCUT2D eigenvalue weighted by Crippen LogP contribution is -2.74. The number of Topliss-reactive ketones (excluding diaryl/α,β-unsaturated/α-hetero) is 1. The summed E-state index contributed by atoms with van der Waals surface area (Å²) < 4.78 is 23.3. The minimum atomic E-state index is -1.29. The first-order valence-corrected chi connectivity index (χ1v) is 18.6. The zero-order chi connectivity index (χ0) is 31.1. The fourth-order valence-electron chi connectivity index (χ4n) is 10.7. The van der Waals surface area contributed by atoms with Gasteiger partial charge >= 0.3 is 0 Å². The lowest BCUT2D eigenvalue weighted by atomic mass is 9.64. The SMILES string of the molecule is CN1CCCC1CCNC(=O)C1=CN2C3CC4CCCCC4CC3OC3C(N[C@@H](CO)CC4CCCCC4)C(F)CC(C1=O)C32. The molecule has 7 aliphatic rings. The van der Waals surface area contributed by atoms with Gasteiger partial charge in [-0.05, 0) is 76.3 Å². The molecule has 0 spiro atoms. The van der Waals surface area contributed by atoms with Crippen molar-refractivity contribution in [2.75, 3.05) is 26.7 Å². The van der Waals surface area contributed by atoms with Crippen molar-refractivity contribution in [2.45, 2.75) is 151 Å². The first-order valence-electron chi connectivity index (χ1n) is 18.6. The van der Waals surface area contributed by atoms with Crippen LogP contribution >= 0.6 is 0 Å². The van der Waals surface area contributed by atoms with Crippen LogP contribution in [0.5, 0.6) is 0 Å². The summed E-state index contributed by atoms with van der Waals surface area (Å²) in [5, 5.41) is 17.0. The van der Waals surface area contributed by atoms with Gasteiger partial charge in [-0.1, -0.05) is 57.8 Å². The number of morpholine rings is 1. The highest BCUT2D eigenvalue weighted by molar-refractivity contribution is 6.20. The highest BCUT2D eigenvalue weighted by Crippen LogP contribution is 2.50. The number of carbonyl (C=O) groups excluding carboxylic acids is 2. The monoisotopic (exact) mass is 628 g/mol. The van der Waals surface area contributed by atoms with Crippen molar-refractivity contribution in [1.82, 2.24) is 20.4 Å². The van der Waals surface area contributed by atoms with Gasteiger partial charge in [-0.25, -0.2) is 4.39 Å². The minimum absolute atomic E-state index is 0.0279. The number of carbonyl (C=O) groups is 2. The number of hydrogen-bond acceptors (Lipinski definition) is 7. The fraction of sp³-hybridized carbons (Fsp3) is 0.889. The Hall–Kier alpha value is -1.55. The van der Waals surface area contributed by atoms with E-state index in [-0.39, 0.29) is 54.5 Å². The van der Waals surface area contributed by atoms with Crippen molar-refractivity contribution in [2.24, 2.45) is 23.7 Å². The molecule has 1 amide bonds. The second-order valence-electron chi connectivity index (χ2n) is 15.8. The number of aliphatic hydroxyl groups is 1. The van der Waals surface area contributed by atoms with Crippen LogP contribution in [0.3, 0.4) is 0 Å². The smallest absolute Gasteiger partial charge is 0.256 e. The van der Waals surface area contributed by atoms with Crippen molar-refractivity contribution in [3.63, 3.8) is 0 Å². The summed E-state index contributed by atoms with van der Waals surface area (Å²) >= 11 is 0. The predicted molar refractivity (Wildman–Crippen MR) is 171 cm³/mol. The van der Waals surface area contributed by atoms with Crippen LogP contribution < -0.4 is 10.6 Å². The van der Waals surface area contributed by atoms with E-state index in [0.29, 0.717) is 30.3 Å². The van der Waals surface area contributed by atoms with Crippen LogP contribution in [0.2, 0.25) is 0 Å². The van der Waals surface area contributed by atoms with E-state index in [0.717, 1.165) is 38.6 Å². The molecule has 9 heteroatoms. The van der Waals surface area contributed by atoms with Crippen molar-refractivity contribution in [3.8, 4) is 0 Å². The van der Waals surface area contributed by atoms with Gasteiger partial charge in [0.25, 0.3) is 5.91 Å². The van der Waals surface area contributed by atoms with E-state index in [9.17, 15) is 14.7 Å². The van der Waals surface area contributed by atoms with Gasteiger partial charge in [0.2, 0.25) is 0 Å². The molecule has 8 nitrogen and oxygen atoms in total. The van der Waals surface area contributed by atoms with Crippen LogP contribution in [0, 0.1) is 23.7 Å². The highest BCUT2D eigenvalue weighted by Gasteiger charge is 2.60. The van der Waals surface area contributed by atoms with Gasteiger partial charge in [0, 0.05) is 30.7 Å². The van der Waals surface area contributed by atoms with Gasteiger partial charge < -0.3 is 30.3 Å². The van der Waals surface area contributed by atoms with Gasteiger partial charge in [0.15, 0.2) is 5.78 Å². The average Bonchev–Trinajstić information content (AvgIpc) is 3.46. The van der Waals surface area contributed by atoms with Gasteiger partial charge in [0.05, 0.1) is 42.5 Å². The molecule has 3 N–H and O–H groups in total. The highest BCUT2D eigenvalue weighted by atomic mass is 19.1. The molecule has 4 aliphatic carbocycles. The molecular weight excluding hydrogens is 571 g/mol. The summed E-state index contributed by atoms with van der Waals surface area (Å²) in [5.74, 6) is 0.686. The number of alkyl halides is 1. The molecule has 3 heterocycles. The Bertz CT molecular complexity index is 1100. The molecule has 0 aromatic rings. The minimum Gasteiger partial charge on any atom is -0.395 e. The van der Waals surface area contributed by atoms with E-state index < -0.39 is 24.2 Å². The number of nitrogens with one attached hydrogen (secondary N) is 2. The zero-order valence-electron chi connectivity index (χ0n) is 27.4. The summed E-state index contributed by atoms with van der Waals surface area (Å²) in [6.07, 6.45) is 17.2. The third kappa shape index (κ3) is 6.49. The molecule has 0 aromatic carbocycles. The number of fused-ring (bicyclic) bond motifs is 3. The average molecular weight is 629 g/mol. The largest absolute Gasteiger partial charge is 0.395 e. The number of rotatable bonds is 9. The summed E-state index contributed by atoms with van der Waals surface area (Å²) in [4.78, 5) is 32.3. The Labute approximate surface area is 269 Å². The summed E-state index contributed by atoms with van der Waals surface area (Å²) in [5.41, 5.74) is 0.199. The number of halogens is 1. The van der Waals surface area contributed by atoms with Crippen LogP contribution in [0.25, 0.3) is 0 Å². The maximum absolute atomic E-state index is 16.4. The van der Waals surface area contributed by atoms with E-state index >= 15 is 4.39 Å². The molecule has 0 radical (unpaired) electrons. The van der Waals surface area contributed by atoms with Crippen molar-refractivity contribution >= 4 is 11.7 Å². The Morgan fingerprint density at radius 3 is 2.53 bits per heavy atom. The zero-order valence-corrected chi connectivity index (χ0v) is 27.4. The first-order chi connectivity index (χ1) is 21.9. The summed E-state index contributed by atoms with van der Waals surface area (Å²) in [6.45, 7) is 1.60. The van der Waals surface area contributed by atoms with E-state index in [1.54, 1.807) is 0 Å². The van der Waals surface area contributed by atoms with Crippen molar-refractivity contribution in [3.05, 3.63) is 11.8 Å². The molecule has 11 atom stereocenters. The van der Waals surface area contributed by atoms with Crippen LogP contribution in [-0.2, 0) is 14.3 Å². The third-order valence-corrected chi connectivity index (χ3v) is 13.2. The molecule has 0 bridgehead atoms. The fourth-order valence-corrected chi connectivity index (χ4v) is 10.7. The van der Waals surface area contributed by atoms with E-state index in [2.05, 4.69) is 27.5 Å². The molecular formula is C36H57FN4O4. The Balaban J connectivity index is 1.13. The van der Waals surface area contributed by atoms with Gasteiger partial charge in [0.1, 0.15) is 6.17 Å². The van der Waals surface area contributed by atoms with E-state index in [1.807, 2.05) is 6.20 Å². The number of nitrogens with zero attached hydrogens (tertiary/aromatic N) is 2. The number of likely N-dealkylation sites (tertiary alicyclic amines) is 1. The summed E-state index contributed by atoms with van der Waals surface area (Å²) in [6, 6.07) is -0.496. The molecule has 7 rings (SSSR count). The topological polar surface area (TPSA) is 94.1 Å². The van der Waals surface area contributed by atoms with Crippen LogP contribution in [0.1, 0.15) is 103 Å². The van der Waals surface area contributed by atoms with Crippen molar-refractivity contribution < 1.29 is 23.8 Å². The molecule has 45 heavy (non-hydrogen) atoms. The Morgan fingerprint density at radius 2 is 1.80 bits per heavy atom. The van der Waals surface area contributed by atoms with Gasteiger partial charge in [-0.2, -0.15) is 0 Å². The second-order valence-corrected chi connectivity index (χ2v) is 15.8. The molecule has 2 saturated heterocycles. The normalized spacial score (nSPS) is 41.1. The molecule has 10 unspecified atom stereocenters. The molecule has 4 saturated carbocycles. The summed E-state index contributed by atoms with van der Waals surface area (Å²) in [7, 11) is 2.14. The Kier molecular flexibility index (Phi) is 9.89. The third-order valence-electron chi connectivity index (χ3n) is 13.2. The number of ketones is 1. The second kappa shape index (κ2) is 13.9. The first kappa shape index (κ1) is 32.0. The van der Waals surface area contributed by atoms with Crippen molar-refractivity contribution in [1.29, 1.82) is 0 Å². The lowest BCUT2D eigenvalue weighted by molar-refractivity contribution is -0.209. The van der Waals surface area contributed by atoms with Crippen LogP contribution in [0.15, 0.2) is 11.8 Å². The molecule has 0 aromatic heterocycles. The molecule has 6 fully saturated rings. The van der Waals surface area contributed by atoms with Gasteiger partial charge in [-0.15, -0.1) is 0 Å².